The van der Waals surface area contributed by atoms with Crippen molar-refractivity contribution in [3.8, 4) is 15.8 Å². The number of carbonyl (C=O) groups is 1. The third-order valence-corrected chi connectivity index (χ3v) is 5.68. The number of alkyl halides is 3. The van der Waals surface area contributed by atoms with Crippen LogP contribution < -0.4 is 10.1 Å². The minimum absolute atomic E-state index is 0.0641. The number of aromatic nitrogens is 3. The largest absolute Gasteiger partial charge is 0.467 e. The number of nitrogens with zero attached hydrogens (tertiary/aromatic N) is 3. The summed E-state index contributed by atoms with van der Waals surface area (Å²) in [7, 11) is 0. The van der Waals surface area contributed by atoms with Crippen molar-refractivity contribution in [3.63, 3.8) is 0 Å². The summed E-state index contributed by atoms with van der Waals surface area (Å²) in [4.78, 5) is 15.2. The molecule has 0 unspecified atom stereocenters. The quantitative estimate of drug-likeness (QED) is 0.390. The number of pyridine rings is 1. The molecule has 7 nitrogen and oxygen atoms in total. The van der Waals surface area contributed by atoms with E-state index >= 15 is 0 Å². The molecule has 0 aliphatic heterocycles. The van der Waals surface area contributed by atoms with Gasteiger partial charge in [-0.2, -0.15) is 13.2 Å². The zero-order chi connectivity index (χ0) is 23.4. The maximum atomic E-state index is 12.7. The summed E-state index contributed by atoms with van der Waals surface area (Å²) in [5.41, 5.74) is 0.622. The number of hydrogen-bond acceptors (Lipinski definition) is 6. The number of hydrogen-bond donors (Lipinski definition) is 2. The van der Waals surface area contributed by atoms with Crippen LogP contribution in [0.1, 0.15) is 11.1 Å². The highest BCUT2D eigenvalue weighted by molar-refractivity contribution is 7.16. The molecule has 170 valence electrons. The fourth-order valence-electron chi connectivity index (χ4n) is 3.21. The van der Waals surface area contributed by atoms with Gasteiger partial charge in [-0.3, -0.25) is 4.98 Å². The summed E-state index contributed by atoms with van der Waals surface area (Å²) in [6.45, 7) is -0.0641. The van der Waals surface area contributed by atoms with Crippen molar-refractivity contribution >= 4 is 28.2 Å². The fraction of sp³-hybridized carbons (Fsp3) is 0.182. The molecule has 0 saturated carbocycles. The van der Waals surface area contributed by atoms with Crippen LogP contribution in [0.15, 0.2) is 60.9 Å². The van der Waals surface area contributed by atoms with Crippen molar-refractivity contribution < 1.29 is 27.8 Å². The van der Waals surface area contributed by atoms with Gasteiger partial charge in [-0.1, -0.05) is 40.7 Å². The van der Waals surface area contributed by atoms with Crippen molar-refractivity contribution in [1.29, 1.82) is 0 Å². The number of amides is 1. The minimum Gasteiger partial charge on any atom is -0.467 e. The van der Waals surface area contributed by atoms with Gasteiger partial charge in [0.15, 0.2) is 5.01 Å². The van der Waals surface area contributed by atoms with Gasteiger partial charge in [0.25, 0.3) is 5.19 Å². The summed E-state index contributed by atoms with van der Waals surface area (Å²) < 4.78 is 43.9. The highest BCUT2D eigenvalue weighted by Gasteiger charge is 2.30. The van der Waals surface area contributed by atoms with Crippen molar-refractivity contribution in [2.45, 2.75) is 18.6 Å². The Hall–Kier alpha value is -3.73. The van der Waals surface area contributed by atoms with Gasteiger partial charge in [0.2, 0.25) is 0 Å². The molecule has 4 rings (SSSR count). The van der Waals surface area contributed by atoms with Crippen LogP contribution in [0.3, 0.4) is 0 Å². The van der Waals surface area contributed by atoms with Gasteiger partial charge in [0.1, 0.15) is 6.61 Å². The summed E-state index contributed by atoms with van der Waals surface area (Å²) in [5, 5.41) is 22.4. The van der Waals surface area contributed by atoms with E-state index in [1.165, 1.54) is 23.5 Å². The van der Waals surface area contributed by atoms with E-state index in [1.807, 2.05) is 24.3 Å². The maximum absolute atomic E-state index is 12.7. The van der Waals surface area contributed by atoms with Crippen molar-refractivity contribution in [2.24, 2.45) is 0 Å². The van der Waals surface area contributed by atoms with Crippen LogP contribution in [-0.4, -0.2) is 39.0 Å². The van der Waals surface area contributed by atoms with Gasteiger partial charge in [-0.25, -0.2) is 4.79 Å². The normalized spacial score (nSPS) is 12.5. The van der Waals surface area contributed by atoms with Gasteiger partial charge >= 0.3 is 12.3 Å². The standard InChI is InChI=1S/C22H17F3N4O3S/c23-22(24,25)17-5-1-13(2-6-17)9-18(27-20(30)31)12-32-21-29-28-19(33-21)15-3-4-16-11-26-8-7-14(16)10-15/h1-8,10-11,18,27H,9,12H2,(H,30,31)/t18-/m0/s1. The van der Waals surface area contributed by atoms with E-state index in [-0.39, 0.29) is 18.2 Å². The van der Waals surface area contributed by atoms with Crippen LogP contribution in [0.2, 0.25) is 0 Å². The smallest absolute Gasteiger partial charge is 0.416 e. The molecular weight excluding hydrogens is 457 g/mol. The molecule has 33 heavy (non-hydrogen) atoms. The molecule has 0 bridgehead atoms. The van der Waals surface area contributed by atoms with E-state index in [0.717, 1.165) is 28.5 Å². The molecule has 0 aliphatic carbocycles. The lowest BCUT2D eigenvalue weighted by Crippen LogP contribution is -2.39. The zero-order valence-electron chi connectivity index (χ0n) is 16.9. The third kappa shape index (κ3) is 5.75. The van der Waals surface area contributed by atoms with E-state index in [9.17, 15) is 18.0 Å². The summed E-state index contributed by atoms with van der Waals surface area (Å²) in [6.07, 6.45) is -2.08. The molecule has 2 heterocycles. The van der Waals surface area contributed by atoms with Gasteiger partial charge < -0.3 is 15.2 Å². The number of benzene rings is 2. The Morgan fingerprint density at radius 3 is 2.61 bits per heavy atom. The first-order valence-corrected chi connectivity index (χ1v) is 10.6. The van der Waals surface area contributed by atoms with Crippen LogP contribution in [0.25, 0.3) is 21.3 Å². The van der Waals surface area contributed by atoms with Crippen LogP contribution in [0, 0.1) is 0 Å². The zero-order valence-corrected chi connectivity index (χ0v) is 17.7. The molecule has 0 spiro atoms. The lowest BCUT2D eigenvalue weighted by Gasteiger charge is -2.17. The first kappa shape index (κ1) is 22.5. The molecule has 0 fully saturated rings. The number of ether oxygens (including phenoxy) is 1. The van der Waals surface area contributed by atoms with E-state index < -0.39 is 23.9 Å². The third-order valence-electron chi connectivity index (χ3n) is 4.79. The Kier molecular flexibility index (Phi) is 6.40. The van der Waals surface area contributed by atoms with Crippen molar-refractivity contribution in [3.05, 3.63) is 72.1 Å². The lowest BCUT2D eigenvalue weighted by molar-refractivity contribution is -0.137. The monoisotopic (exact) mass is 474 g/mol. The van der Waals surface area contributed by atoms with Crippen LogP contribution in [0.5, 0.6) is 5.19 Å². The maximum Gasteiger partial charge on any atom is 0.416 e. The SMILES string of the molecule is O=C(O)N[C@H](COc1nnc(-c2ccc3cnccc3c2)s1)Cc1ccc(C(F)(F)F)cc1. The molecular formula is C22H17F3N4O3S. The Balaban J connectivity index is 1.42. The topological polar surface area (TPSA) is 97.2 Å². The fourth-order valence-corrected chi connectivity index (χ4v) is 3.91. The van der Waals surface area contributed by atoms with E-state index in [1.54, 1.807) is 12.4 Å². The number of rotatable bonds is 7. The van der Waals surface area contributed by atoms with Crippen molar-refractivity contribution in [2.75, 3.05) is 6.61 Å². The van der Waals surface area contributed by atoms with Crippen molar-refractivity contribution in [1.82, 2.24) is 20.5 Å². The Morgan fingerprint density at radius 2 is 1.88 bits per heavy atom. The summed E-state index contributed by atoms with van der Waals surface area (Å²) >= 11 is 1.21. The molecule has 4 aromatic rings. The molecule has 0 aliphatic rings. The second-order valence-corrected chi connectivity index (χ2v) is 8.11. The highest BCUT2D eigenvalue weighted by Crippen LogP contribution is 2.31. The first-order chi connectivity index (χ1) is 15.8. The van der Waals surface area contributed by atoms with Crippen LogP contribution >= 0.6 is 11.3 Å². The van der Waals surface area contributed by atoms with E-state index in [0.29, 0.717) is 10.6 Å². The van der Waals surface area contributed by atoms with E-state index in [4.69, 9.17) is 9.84 Å². The first-order valence-electron chi connectivity index (χ1n) is 9.74. The average Bonchev–Trinajstić information content (AvgIpc) is 3.26. The predicted molar refractivity (Wildman–Crippen MR) is 116 cm³/mol. The van der Waals surface area contributed by atoms with Crippen LogP contribution in [-0.2, 0) is 12.6 Å². The van der Waals surface area contributed by atoms with E-state index in [2.05, 4.69) is 20.5 Å². The molecule has 0 radical (unpaired) electrons. The van der Waals surface area contributed by atoms with Gasteiger partial charge in [-0.05, 0) is 41.6 Å². The Bertz CT molecular complexity index is 1260. The number of fused-ring (bicyclic) bond motifs is 1. The summed E-state index contributed by atoms with van der Waals surface area (Å²) in [5.74, 6) is 0. The molecule has 1 amide bonds. The lowest BCUT2D eigenvalue weighted by atomic mass is 10.0. The number of nitrogens with one attached hydrogen (secondary N) is 1. The average molecular weight is 474 g/mol. The van der Waals surface area contributed by atoms with Gasteiger partial charge in [0.05, 0.1) is 11.6 Å². The highest BCUT2D eigenvalue weighted by atomic mass is 32.1. The molecule has 2 aromatic carbocycles. The molecule has 11 heteroatoms. The predicted octanol–water partition coefficient (Wildman–Crippen LogP) is 5.03. The number of carboxylic acid groups (broad SMARTS) is 1. The molecule has 2 aromatic heterocycles. The molecule has 2 N–H and O–H groups in total. The Morgan fingerprint density at radius 1 is 1.09 bits per heavy atom. The van der Waals surface area contributed by atoms with Gasteiger partial charge in [0, 0.05) is 23.3 Å². The molecule has 0 saturated heterocycles. The number of halogens is 3. The van der Waals surface area contributed by atoms with Crippen LogP contribution in [0.4, 0.5) is 18.0 Å². The Labute approximate surface area is 189 Å². The molecule has 1 atom stereocenters. The second-order valence-electron chi connectivity index (χ2n) is 7.17. The minimum atomic E-state index is -4.43. The summed E-state index contributed by atoms with van der Waals surface area (Å²) in [6, 6.07) is 11.5. The second kappa shape index (κ2) is 9.41. The van der Waals surface area contributed by atoms with Gasteiger partial charge in [-0.15, -0.1) is 5.10 Å².